The van der Waals surface area contributed by atoms with Crippen LogP contribution >= 0.6 is 0 Å². The van der Waals surface area contributed by atoms with E-state index in [9.17, 15) is 4.79 Å². The second-order valence-electron chi connectivity index (χ2n) is 5.55. The van der Waals surface area contributed by atoms with Crippen molar-refractivity contribution >= 4 is 16.8 Å². The fraction of sp³-hybridized carbons (Fsp3) is 0.438. The number of rotatable bonds is 2. The Morgan fingerprint density at radius 3 is 2.75 bits per heavy atom. The van der Waals surface area contributed by atoms with Crippen molar-refractivity contribution in [2.45, 2.75) is 20.3 Å². The average molecular weight is 271 g/mol. The zero-order valence-electron chi connectivity index (χ0n) is 12.1. The van der Waals surface area contributed by atoms with Crippen molar-refractivity contribution in [2.75, 3.05) is 26.2 Å². The Kier molecular flexibility index (Phi) is 3.49. The molecule has 0 unspecified atom stereocenters. The van der Waals surface area contributed by atoms with Crippen LogP contribution in [0.1, 0.15) is 16.7 Å². The first-order valence-electron chi connectivity index (χ1n) is 7.21. The van der Waals surface area contributed by atoms with Crippen LogP contribution in [0.3, 0.4) is 0 Å². The van der Waals surface area contributed by atoms with Gasteiger partial charge in [0.1, 0.15) is 0 Å². The molecule has 1 amide bonds. The number of aromatic nitrogens is 1. The average Bonchev–Trinajstić information content (AvgIpc) is 2.87. The molecule has 1 fully saturated rings. The predicted molar refractivity (Wildman–Crippen MR) is 80.9 cm³/mol. The lowest BCUT2D eigenvalue weighted by atomic mass is 10.0. The van der Waals surface area contributed by atoms with E-state index in [2.05, 4.69) is 36.3 Å². The van der Waals surface area contributed by atoms with Crippen LogP contribution in [-0.2, 0) is 11.2 Å². The number of hydrogen-bond acceptors (Lipinski definition) is 2. The fourth-order valence-electron chi connectivity index (χ4n) is 2.84. The molecule has 1 aromatic carbocycles. The summed E-state index contributed by atoms with van der Waals surface area (Å²) in [5, 5.41) is 4.45. The summed E-state index contributed by atoms with van der Waals surface area (Å²) in [5.74, 6) is 0.227. The smallest absolute Gasteiger partial charge is 0.227 e. The van der Waals surface area contributed by atoms with Crippen molar-refractivity contribution in [2.24, 2.45) is 0 Å². The van der Waals surface area contributed by atoms with Gasteiger partial charge in [0.15, 0.2) is 0 Å². The van der Waals surface area contributed by atoms with Gasteiger partial charge in [-0.15, -0.1) is 0 Å². The third-order valence-electron chi connectivity index (χ3n) is 4.28. The molecule has 0 bridgehead atoms. The van der Waals surface area contributed by atoms with Gasteiger partial charge < -0.3 is 15.2 Å². The molecule has 1 aliphatic rings. The summed E-state index contributed by atoms with van der Waals surface area (Å²) < 4.78 is 0. The van der Waals surface area contributed by atoms with Crippen molar-refractivity contribution in [1.82, 2.24) is 15.2 Å². The molecule has 0 saturated carbocycles. The molecular formula is C16H21N3O. The highest BCUT2D eigenvalue weighted by Gasteiger charge is 2.18. The molecule has 2 aromatic rings. The van der Waals surface area contributed by atoms with Gasteiger partial charge >= 0.3 is 0 Å². The zero-order chi connectivity index (χ0) is 14.1. The van der Waals surface area contributed by atoms with Crippen LogP contribution in [0.15, 0.2) is 18.3 Å². The normalized spacial score (nSPS) is 15.8. The number of H-pyrrole nitrogens is 1. The summed E-state index contributed by atoms with van der Waals surface area (Å²) in [6.45, 7) is 7.67. The number of benzene rings is 1. The highest BCUT2D eigenvalue weighted by molar-refractivity contribution is 5.91. The van der Waals surface area contributed by atoms with E-state index in [0.717, 1.165) is 37.3 Å². The summed E-state index contributed by atoms with van der Waals surface area (Å²) in [7, 11) is 0. The molecule has 0 atom stereocenters. The predicted octanol–water partition coefficient (Wildman–Crippen LogP) is 1.76. The first-order valence-corrected chi connectivity index (χ1v) is 7.21. The van der Waals surface area contributed by atoms with Gasteiger partial charge in [-0.05, 0) is 30.5 Å². The van der Waals surface area contributed by atoms with Crippen molar-refractivity contribution < 1.29 is 4.79 Å². The number of hydrogen-bond donors (Lipinski definition) is 2. The van der Waals surface area contributed by atoms with E-state index in [1.54, 1.807) is 0 Å². The minimum Gasteiger partial charge on any atom is -0.361 e. The molecule has 4 nitrogen and oxygen atoms in total. The Labute approximate surface area is 119 Å². The van der Waals surface area contributed by atoms with Crippen molar-refractivity contribution in [3.05, 3.63) is 35.0 Å². The Morgan fingerprint density at radius 2 is 2.00 bits per heavy atom. The number of carbonyl (C=O) groups excluding carboxylic acids is 1. The van der Waals surface area contributed by atoms with Crippen molar-refractivity contribution in [3.63, 3.8) is 0 Å². The molecule has 3 rings (SSSR count). The van der Waals surface area contributed by atoms with Crippen molar-refractivity contribution in [1.29, 1.82) is 0 Å². The monoisotopic (exact) mass is 271 g/mol. The van der Waals surface area contributed by atoms with Crippen LogP contribution in [0.5, 0.6) is 0 Å². The number of carbonyl (C=O) groups is 1. The number of piperazine rings is 1. The quantitative estimate of drug-likeness (QED) is 0.874. The van der Waals surface area contributed by atoms with E-state index in [1.165, 1.54) is 16.5 Å². The number of nitrogens with one attached hydrogen (secondary N) is 2. The third-order valence-corrected chi connectivity index (χ3v) is 4.28. The van der Waals surface area contributed by atoms with Crippen LogP contribution in [0.4, 0.5) is 0 Å². The number of aryl methyl sites for hydroxylation is 2. The highest BCUT2D eigenvalue weighted by Crippen LogP contribution is 2.24. The lowest BCUT2D eigenvalue weighted by Gasteiger charge is -2.27. The highest BCUT2D eigenvalue weighted by atomic mass is 16.2. The van der Waals surface area contributed by atoms with Gasteiger partial charge in [-0.1, -0.05) is 12.1 Å². The maximum atomic E-state index is 12.3. The minimum absolute atomic E-state index is 0.227. The third kappa shape index (κ3) is 2.31. The zero-order valence-corrected chi connectivity index (χ0v) is 12.1. The molecule has 1 aromatic heterocycles. The van der Waals surface area contributed by atoms with E-state index in [0.29, 0.717) is 6.42 Å². The topological polar surface area (TPSA) is 48.1 Å². The molecule has 20 heavy (non-hydrogen) atoms. The molecular weight excluding hydrogens is 250 g/mol. The van der Waals surface area contributed by atoms with Gasteiger partial charge in [-0.2, -0.15) is 0 Å². The van der Waals surface area contributed by atoms with Crippen molar-refractivity contribution in [3.8, 4) is 0 Å². The minimum atomic E-state index is 0.227. The SMILES string of the molecule is Cc1ccc2c(CC(=O)N3CCNCC3)c[nH]c2c1C. The van der Waals surface area contributed by atoms with Gasteiger partial charge in [0.25, 0.3) is 0 Å². The maximum absolute atomic E-state index is 12.3. The molecule has 2 heterocycles. The first kappa shape index (κ1) is 13.2. The van der Waals surface area contributed by atoms with E-state index >= 15 is 0 Å². The van der Waals surface area contributed by atoms with E-state index in [4.69, 9.17) is 0 Å². The van der Waals surface area contributed by atoms with Crippen LogP contribution in [0, 0.1) is 13.8 Å². The molecule has 0 aliphatic carbocycles. The molecule has 0 radical (unpaired) electrons. The lowest BCUT2D eigenvalue weighted by Crippen LogP contribution is -2.46. The molecule has 1 saturated heterocycles. The number of fused-ring (bicyclic) bond motifs is 1. The van der Waals surface area contributed by atoms with Crippen LogP contribution in [0.25, 0.3) is 10.9 Å². The van der Waals surface area contributed by atoms with Gasteiger partial charge in [-0.25, -0.2) is 0 Å². The molecule has 1 aliphatic heterocycles. The molecule has 106 valence electrons. The van der Waals surface area contributed by atoms with E-state index in [-0.39, 0.29) is 5.91 Å². The summed E-state index contributed by atoms with van der Waals surface area (Å²) >= 11 is 0. The summed E-state index contributed by atoms with van der Waals surface area (Å²) in [6, 6.07) is 4.25. The summed E-state index contributed by atoms with van der Waals surface area (Å²) in [4.78, 5) is 17.6. The Balaban J connectivity index is 1.84. The second-order valence-corrected chi connectivity index (χ2v) is 5.55. The second kappa shape index (κ2) is 5.29. The number of aromatic amines is 1. The first-order chi connectivity index (χ1) is 9.66. The van der Waals surface area contributed by atoms with Crippen LogP contribution in [0.2, 0.25) is 0 Å². The Bertz CT molecular complexity index is 638. The number of amides is 1. The van der Waals surface area contributed by atoms with Crippen LogP contribution < -0.4 is 5.32 Å². The largest absolute Gasteiger partial charge is 0.361 e. The Morgan fingerprint density at radius 1 is 1.25 bits per heavy atom. The lowest BCUT2D eigenvalue weighted by molar-refractivity contribution is -0.131. The molecule has 4 heteroatoms. The fourth-order valence-corrected chi connectivity index (χ4v) is 2.84. The van der Waals surface area contributed by atoms with E-state index < -0.39 is 0 Å². The molecule has 0 spiro atoms. The summed E-state index contributed by atoms with van der Waals surface area (Å²) in [5.41, 5.74) is 4.81. The standard InChI is InChI=1S/C16H21N3O/c1-11-3-4-14-13(10-18-16(14)12(11)2)9-15(20)19-7-5-17-6-8-19/h3-4,10,17-18H,5-9H2,1-2H3. The molecule has 2 N–H and O–H groups in total. The van der Waals surface area contributed by atoms with Gasteiger partial charge in [0.05, 0.1) is 6.42 Å². The van der Waals surface area contributed by atoms with E-state index in [1.807, 2.05) is 11.1 Å². The maximum Gasteiger partial charge on any atom is 0.227 e. The summed E-state index contributed by atoms with van der Waals surface area (Å²) in [6.07, 6.45) is 2.47. The van der Waals surface area contributed by atoms with Gasteiger partial charge in [0, 0.05) is 43.3 Å². The van der Waals surface area contributed by atoms with Gasteiger partial charge in [-0.3, -0.25) is 4.79 Å². The van der Waals surface area contributed by atoms with Gasteiger partial charge in [0.2, 0.25) is 5.91 Å². The Hall–Kier alpha value is -1.81. The van der Waals surface area contributed by atoms with Crippen LogP contribution in [-0.4, -0.2) is 42.0 Å². The number of nitrogens with zero attached hydrogens (tertiary/aromatic N) is 1.